The quantitative estimate of drug-likeness (QED) is 0.317. The van der Waals surface area contributed by atoms with E-state index in [0.717, 1.165) is 41.4 Å². The van der Waals surface area contributed by atoms with Crippen molar-refractivity contribution in [3.63, 3.8) is 0 Å². The van der Waals surface area contributed by atoms with E-state index in [9.17, 15) is 9.59 Å². The first-order valence-electron chi connectivity index (χ1n) is 11.7. The predicted octanol–water partition coefficient (Wildman–Crippen LogP) is 6.52. The van der Waals surface area contributed by atoms with Crippen LogP contribution in [0.1, 0.15) is 65.8 Å². The van der Waals surface area contributed by atoms with Crippen LogP contribution in [0.15, 0.2) is 60.7 Å². The molecular weight excluding hydrogens is 396 g/mol. The summed E-state index contributed by atoms with van der Waals surface area (Å²) in [6, 6.07) is 20.6. The standard InChI is InChI=1S/C28H28N2O2/c1-3-5-10-19-15-16-24-22(18-19)20-11-7-8-13-23(20)30(24)25-14-9-12-21-26(25)28(32)29(27(21)31)17-6-4-2/h7-9,11-16,18H,3-6,10,17H2,1-2H3. The number of unbranched alkanes of at least 4 members (excludes halogenated alkanes) is 2. The van der Waals surface area contributed by atoms with E-state index < -0.39 is 0 Å². The van der Waals surface area contributed by atoms with Gasteiger partial charge >= 0.3 is 0 Å². The fraction of sp³-hybridized carbons (Fsp3) is 0.286. The summed E-state index contributed by atoms with van der Waals surface area (Å²) in [5, 5.41) is 2.35. The number of imide groups is 1. The molecule has 2 amide bonds. The Kier molecular flexibility index (Phi) is 5.30. The second-order valence-corrected chi connectivity index (χ2v) is 8.62. The minimum atomic E-state index is -0.181. The summed E-state index contributed by atoms with van der Waals surface area (Å²) >= 11 is 0. The Balaban J connectivity index is 1.73. The Labute approximate surface area is 188 Å². The molecule has 1 aliphatic rings. The molecule has 2 heterocycles. The molecule has 0 saturated carbocycles. The topological polar surface area (TPSA) is 42.3 Å². The van der Waals surface area contributed by atoms with Crippen LogP contribution >= 0.6 is 0 Å². The molecule has 0 spiro atoms. The Morgan fingerprint density at radius 1 is 0.750 bits per heavy atom. The van der Waals surface area contributed by atoms with E-state index in [0.29, 0.717) is 17.7 Å². The van der Waals surface area contributed by atoms with Gasteiger partial charge in [0.2, 0.25) is 0 Å². The maximum absolute atomic E-state index is 13.4. The number of amides is 2. The van der Waals surface area contributed by atoms with Crippen LogP contribution in [0.25, 0.3) is 27.5 Å². The highest BCUT2D eigenvalue weighted by Crippen LogP contribution is 2.36. The van der Waals surface area contributed by atoms with Crippen molar-refractivity contribution in [1.29, 1.82) is 0 Å². The average Bonchev–Trinajstić information content (AvgIpc) is 3.28. The van der Waals surface area contributed by atoms with Gasteiger partial charge < -0.3 is 4.57 Å². The van der Waals surface area contributed by atoms with Crippen LogP contribution in [-0.2, 0) is 6.42 Å². The van der Waals surface area contributed by atoms with Crippen molar-refractivity contribution >= 4 is 33.6 Å². The van der Waals surface area contributed by atoms with E-state index in [4.69, 9.17) is 0 Å². The molecule has 4 heteroatoms. The van der Waals surface area contributed by atoms with Crippen LogP contribution in [0, 0.1) is 0 Å². The van der Waals surface area contributed by atoms with Gasteiger partial charge in [0, 0.05) is 17.3 Å². The largest absolute Gasteiger partial charge is 0.308 e. The number of carbonyl (C=O) groups excluding carboxylic acids is 2. The van der Waals surface area contributed by atoms with E-state index in [1.54, 1.807) is 6.07 Å². The molecule has 1 aliphatic heterocycles. The maximum Gasteiger partial charge on any atom is 0.263 e. The highest BCUT2D eigenvalue weighted by molar-refractivity contribution is 6.23. The number of aromatic nitrogens is 1. The number of carbonyl (C=O) groups is 2. The van der Waals surface area contributed by atoms with Crippen LogP contribution in [0.3, 0.4) is 0 Å². The molecule has 0 saturated heterocycles. The summed E-state index contributed by atoms with van der Waals surface area (Å²) in [5.74, 6) is -0.359. The zero-order valence-electron chi connectivity index (χ0n) is 18.7. The molecule has 32 heavy (non-hydrogen) atoms. The molecular formula is C28H28N2O2. The molecule has 0 bridgehead atoms. The third-order valence-electron chi connectivity index (χ3n) is 6.51. The van der Waals surface area contributed by atoms with Crippen molar-refractivity contribution in [3.8, 4) is 5.69 Å². The minimum Gasteiger partial charge on any atom is -0.308 e. The smallest absolute Gasteiger partial charge is 0.263 e. The zero-order chi connectivity index (χ0) is 22.2. The molecule has 0 radical (unpaired) electrons. The summed E-state index contributed by atoms with van der Waals surface area (Å²) in [5.41, 5.74) is 5.26. The second kappa shape index (κ2) is 8.27. The number of hydrogen-bond acceptors (Lipinski definition) is 2. The highest BCUT2D eigenvalue weighted by Gasteiger charge is 2.37. The molecule has 4 aromatic rings. The fourth-order valence-electron chi connectivity index (χ4n) is 4.84. The van der Waals surface area contributed by atoms with E-state index in [-0.39, 0.29) is 11.8 Å². The SMILES string of the molecule is CCCCc1ccc2c(c1)c1ccccc1n2-c1cccc2c1C(=O)N(CCCC)C2=O. The zero-order valence-corrected chi connectivity index (χ0v) is 18.7. The van der Waals surface area contributed by atoms with Crippen molar-refractivity contribution in [3.05, 3.63) is 77.4 Å². The van der Waals surface area contributed by atoms with Crippen LogP contribution in [0.2, 0.25) is 0 Å². The molecule has 0 unspecified atom stereocenters. The molecule has 0 fully saturated rings. The lowest BCUT2D eigenvalue weighted by atomic mass is 10.0. The van der Waals surface area contributed by atoms with Crippen molar-refractivity contribution in [2.24, 2.45) is 0 Å². The van der Waals surface area contributed by atoms with Crippen molar-refractivity contribution in [2.45, 2.75) is 46.0 Å². The highest BCUT2D eigenvalue weighted by atomic mass is 16.2. The summed E-state index contributed by atoms with van der Waals surface area (Å²) in [6.07, 6.45) is 5.15. The molecule has 4 nitrogen and oxygen atoms in total. The van der Waals surface area contributed by atoms with Gasteiger partial charge in [0.1, 0.15) is 0 Å². The lowest BCUT2D eigenvalue weighted by Gasteiger charge is -2.14. The molecule has 0 atom stereocenters. The minimum absolute atomic E-state index is 0.178. The van der Waals surface area contributed by atoms with Crippen LogP contribution in [-0.4, -0.2) is 27.8 Å². The average molecular weight is 425 g/mol. The first-order valence-corrected chi connectivity index (χ1v) is 11.7. The van der Waals surface area contributed by atoms with Gasteiger partial charge in [-0.05, 0) is 55.2 Å². The van der Waals surface area contributed by atoms with Gasteiger partial charge in [-0.3, -0.25) is 14.5 Å². The number of para-hydroxylation sites is 1. The first-order chi connectivity index (χ1) is 15.7. The molecule has 0 aliphatic carbocycles. The van der Waals surface area contributed by atoms with Crippen LogP contribution in [0.5, 0.6) is 0 Å². The first kappa shape index (κ1) is 20.5. The van der Waals surface area contributed by atoms with Crippen LogP contribution in [0.4, 0.5) is 0 Å². The lowest BCUT2D eigenvalue weighted by Crippen LogP contribution is -2.30. The Bertz CT molecular complexity index is 1350. The van der Waals surface area contributed by atoms with Gasteiger partial charge in [-0.15, -0.1) is 0 Å². The molecule has 1 aromatic heterocycles. The number of nitrogens with zero attached hydrogens (tertiary/aromatic N) is 2. The summed E-state index contributed by atoms with van der Waals surface area (Å²) in [6.45, 7) is 4.75. The Hall–Kier alpha value is -3.40. The van der Waals surface area contributed by atoms with Gasteiger partial charge in [0.15, 0.2) is 0 Å². The third-order valence-corrected chi connectivity index (χ3v) is 6.51. The molecule has 0 N–H and O–H groups in total. The molecule has 162 valence electrons. The lowest BCUT2D eigenvalue weighted by molar-refractivity contribution is 0.0652. The molecule has 3 aromatic carbocycles. The normalized spacial score (nSPS) is 13.5. The number of fused-ring (bicyclic) bond motifs is 4. The summed E-state index contributed by atoms with van der Waals surface area (Å²) in [4.78, 5) is 27.8. The van der Waals surface area contributed by atoms with Gasteiger partial charge in [-0.2, -0.15) is 0 Å². The van der Waals surface area contributed by atoms with E-state index in [2.05, 4.69) is 54.8 Å². The monoisotopic (exact) mass is 424 g/mol. The predicted molar refractivity (Wildman–Crippen MR) is 130 cm³/mol. The van der Waals surface area contributed by atoms with Gasteiger partial charge in [0.25, 0.3) is 11.8 Å². The van der Waals surface area contributed by atoms with E-state index >= 15 is 0 Å². The summed E-state index contributed by atoms with van der Waals surface area (Å²) in [7, 11) is 0. The van der Waals surface area contributed by atoms with E-state index in [1.807, 2.05) is 18.2 Å². The van der Waals surface area contributed by atoms with Crippen LogP contribution < -0.4 is 0 Å². The third kappa shape index (κ3) is 3.13. The van der Waals surface area contributed by atoms with Crippen molar-refractivity contribution in [2.75, 3.05) is 6.54 Å². The maximum atomic E-state index is 13.4. The number of rotatable bonds is 7. The second-order valence-electron chi connectivity index (χ2n) is 8.62. The Morgan fingerprint density at radius 3 is 2.34 bits per heavy atom. The Morgan fingerprint density at radius 2 is 1.53 bits per heavy atom. The van der Waals surface area contributed by atoms with Gasteiger partial charge in [0.05, 0.1) is 27.8 Å². The van der Waals surface area contributed by atoms with Crippen molar-refractivity contribution < 1.29 is 9.59 Å². The van der Waals surface area contributed by atoms with E-state index in [1.165, 1.54) is 28.7 Å². The number of hydrogen-bond donors (Lipinski definition) is 0. The van der Waals surface area contributed by atoms with Crippen molar-refractivity contribution in [1.82, 2.24) is 9.47 Å². The van der Waals surface area contributed by atoms with Gasteiger partial charge in [-0.1, -0.05) is 57.0 Å². The fourth-order valence-corrected chi connectivity index (χ4v) is 4.84. The van der Waals surface area contributed by atoms with Gasteiger partial charge in [-0.25, -0.2) is 0 Å². The molecule has 5 rings (SSSR count). The number of benzene rings is 3. The summed E-state index contributed by atoms with van der Waals surface area (Å²) < 4.78 is 2.15. The number of aryl methyl sites for hydroxylation is 1.